The first-order valence-corrected chi connectivity index (χ1v) is 7.49. The normalized spacial score (nSPS) is 13.9. The number of hydrogen-bond acceptors (Lipinski definition) is 4. The van der Waals surface area contributed by atoms with Crippen LogP contribution in [0.4, 0.5) is 11.5 Å². The molecule has 0 bridgehead atoms. The lowest BCUT2D eigenvalue weighted by molar-refractivity contribution is 0.625. The van der Waals surface area contributed by atoms with Crippen LogP contribution in [0.15, 0.2) is 29.0 Å². The van der Waals surface area contributed by atoms with Crippen molar-refractivity contribution in [2.24, 2.45) is 0 Å². The largest absolute Gasteiger partial charge is 0.329 e. The van der Waals surface area contributed by atoms with E-state index in [-0.39, 0.29) is 0 Å². The Balaban J connectivity index is 2.06. The molecule has 3 rings (SSSR count). The number of aryl methyl sites for hydroxylation is 1. The van der Waals surface area contributed by atoms with Gasteiger partial charge in [0.05, 0.1) is 5.69 Å². The number of fused-ring (bicyclic) bond motifs is 1. The van der Waals surface area contributed by atoms with E-state index in [2.05, 4.69) is 68.3 Å². The molecule has 4 nitrogen and oxygen atoms in total. The summed E-state index contributed by atoms with van der Waals surface area (Å²) in [5, 5.41) is 3.40. The van der Waals surface area contributed by atoms with E-state index in [1.807, 2.05) is 0 Å². The Hall–Kier alpha value is -1.46. The number of anilines is 2. The fraction of sp³-hybridized carbons (Fsp3) is 0.333. The molecule has 5 heteroatoms. The Morgan fingerprint density at radius 2 is 2.15 bits per heavy atom. The molecule has 1 N–H and O–H groups in total. The van der Waals surface area contributed by atoms with Crippen molar-refractivity contribution in [1.29, 1.82) is 0 Å². The average Bonchev–Trinajstić information content (AvgIpc) is 2.48. The molecule has 1 aliphatic heterocycles. The van der Waals surface area contributed by atoms with Crippen molar-refractivity contribution in [3.05, 3.63) is 45.8 Å². The Morgan fingerprint density at radius 1 is 1.30 bits per heavy atom. The lowest BCUT2D eigenvalue weighted by Crippen LogP contribution is -2.27. The van der Waals surface area contributed by atoms with Gasteiger partial charge in [-0.3, -0.25) is 0 Å². The van der Waals surface area contributed by atoms with Crippen LogP contribution in [0.25, 0.3) is 0 Å². The second-order valence-electron chi connectivity index (χ2n) is 5.04. The Morgan fingerprint density at radius 3 is 3.00 bits per heavy atom. The Labute approximate surface area is 127 Å². The van der Waals surface area contributed by atoms with Crippen molar-refractivity contribution in [3.8, 4) is 0 Å². The van der Waals surface area contributed by atoms with E-state index in [1.165, 1.54) is 11.1 Å². The average molecular weight is 333 g/mol. The van der Waals surface area contributed by atoms with Gasteiger partial charge in [-0.05, 0) is 24.6 Å². The molecule has 2 heterocycles. The van der Waals surface area contributed by atoms with Gasteiger partial charge in [0, 0.05) is 42.3 Å². The summed E-state index contributed by atoms with van der Waals surface area (Å²) >= 11 is 3.54. The first-order valence-electron chi connectivity index (χ1n) is 6.70. The van der Waals surface area contributed by atoms with E-state index in [4.69, 9.17) is 0 Å². The topological polar surface area (TPSA) is 41.1 Å². The van der Waals surface area contributed by atoms with Crippen molar-refractivity contribution in [2.45, 2.75) is 19.9 Å². The molecule has 0 saturated carbocycles. The number of halogens is 1. The molecule has 0 fully saturated rings. The molecule has 0 atom stereocenters. The van der Waals surface area contributed by atoms with Crippen LogP contribution in [0.2, 0.25) is 0 Å². The quantitative estimate of drug-likeness (QED) is 0.917. The van der Waals surface area contributed by atoms with Gasteiger partial charge in [0.1, 0.15) is 12.1 Å². The number of nitrogens with one attached hydrogen (secondary N) is 1. The maximum atomic E-state index is 4.50. The highest BCUT2D eigenvalue weighted by atomic mass is 79.9. The molecule has 0 aliphatic carbocycles. The van der Waals surface area contributed by atoms with E-state index in [1.54, 1.807) is 6.33 Å². The van der Waals surface area contributed by atoms with Crippen LogP contribution in [0, 0.1) is 6.92 Å². The van der Waals surface area contributed by atoms with Crippen LogP contribution >= 0.6 is 15.9 Å². The van der Waals surface area contributed by atoms with Gasteiger partial charge in [-0.25, -0.2) is 9.97 Å². The van der Waals surface area contributed by atoms with E-state index in [0.29, 0.717) is 0 Å². The molecular formula is C15H17BrN4. The zero-order chi connectivity index (χ0) is 14.1. The summed E-state index contributed by atoms with van der Waals surface area (Å²) in [6.45, 7) is 3.94. The van der Waals surface area contributed by atoms with Gasteiger partial charge in [0.25, 0.3) is 0 Å². The minimum atomic E-state index is 0.836. The predicted octanol–water partition coefficient (Wildman–Crippen LogP) is 2.96. The molecule has 1 aliphatic rings. The van der Waals surface area contributed by atoms with Gasteiger partial charge >= 0.3 is 0 Å². The second kappa shape index (κ2) is 5.50. The number of hydrogen-bond donors (Lipinski definition) is 1. The van der Waals surface area contributed by atoms with Crippen molar-refractivity contribution >= 4 is 27.4 Å². The molecule has 1 aromatic heterocycles. The summed E-state index contributed by atoms with van der Waals surface area (Å²) in [7, 11) is 2.06. The van der Waals surface area contributed by atoms with E-state index in [0.717, 1.165) is 41.2 Å². The Bertz CT molecular complexity index is 642. The maximum absolute atomic E-state index is 4.50. The monoisotopic (exact) mass is 332 g/mol. The fourth-order valence-electron chi connectivity index (χ4n) is 2.60. The molecule has 0 saturated heterocycles. The Kier molecular flexibility index (Phi) is 3.72. The van der Waals surface area contributed by atoms with Gasteiger partial charge in [-0.1, -0.05) is 22.0 Å². The lowest BCUT2D eigenvalue weighted by Gasteiger charge is -2.26. The molecule has 0 unspecified atom stereocenters. The van der Waals surface area contributed by atoms with Crippen molar-refractivity contribution in [2.75, 3.05) is 18.5 Å². The van der Waals surface area contributed by atoms with Crippen molar-refractivity contribution in [3.63, 3.8) is 0 Å². The number of aromatic nitrogens is 2. The van der Waals surface area contributed by atoms with Crippen LogP contribution in [0.3, 0.4) is 0 Å². The van der Waals surface area contributed by atoms with Gasteiger partial charge < -0.3 is 10.2 Å². The highest BCUT2D eigenvalue weighted by Gasteiger charge is 2.19. The summed E-state index contributed by atoms with van der Waals surface area (Å²) in [6.07, 6.45) is 2.64. The van der Waals surface area contributed by atoms with Gasteiger partial charge in [0.15, 0.2) is 0 Å². The SMILES string of the molecule is Cc1ccc(Br)cc1N(C)c1ncnc2c1CNCC2. The predicted molar refractivity (Wildman–Crippen MR) is 84.4 cm³/mol. The third-order valence-electron chi connectivity index (χ3n) is 3.70. The fourth-order valence-corrected chi connectivity index (χ4v) is 2.95. The summed E-state index contributed by atoms with van der Waals surface area (Å²) in [6, 6.07) is 6.30. The third kappa shape index (κ3) is 2.43. The highest BCUT2D eigenvalue weighted by Crippen LogP contribution is 2.31. The van der Waals surface area contributed by atoms with Crippen molar-refractivity contribution in [1.82, 2.24) is 15.3 Å². The van der Waals surface area contributed by atoms with E-state index < -0.39 is 0 Å². The molecule has 0 radical (unpaired) electrons. The van der Waals surface area contributed by atoms with Crippen LogP contribution in [-0.4, -0.2) is 23.6 Å². The molecule has 20 heavy (non-hydrogen) atoms. The maximum Gasteiger partial charge on any atom is 0.140 e. The summed E-state index contributed by atoms with van der Waals surface area (Å²) < 4.78 is 1.07. The van der Waals surface area contributed by atoms with Gasteiger partial charge in [-0.2, -0.15) is 0 Å². The molecule has 1 aromatic carbocycles. The van der Waals surface area contributed by atoms with Gasteiger partial charge in [-0.15, -0.1) is 0 Å². The van der Waals surface area contributed by atoms with Crippen LogP contribution in [0.1, 0.15) is 16.8 Å². The van der Waals surface area contributed by atoms with Crippen LogP contribution in [0.5, 0.6) is 0 Å². The number of benzene rings is 1. The number of nitrogens with zero attached hydrogens (tertiary/aromatic N) is 3. The highest BCUT2D eigenvalue weighted by molar-refractivity contribution is 9.10. The minimum Gasteiger partial charge on any atom is -0.329 e. The second-order valence-corrected chi connectivity index (χ2v) is 5.95. The molecule has 2 aromatic rings. The lowest BCUT2D eigenvalue weighted by atomic mass is 10.1. The first-order chi connectivity index (χ1) is 9.66. The summed E-state index contributed by atoms with van der Waals surface area (Å²) in [5.74, 6) is 0.989. The zero-order valence-electron chi connectivity index (χ0n) is 11.7. The van der Waals surface area contributed by atoms with E-state index in [9.17, 15) is 0 Å². The molecule has 0 spiro atoms. The smallest absolute Gasteiger partial charge is 0.140 e. The summed E-state index contributed by atoms with van der Waals surface area (Å²) in [5.41, 5.74) is 4.76. The van der Waals surface area contributed by atoms with E-state index >= 15 is 0 Å². The summed E-state index contributed by atoms with van der Waals surface area (Å²) in [4.78, 5) is 11.1. The van der Waals surface area contributed by atoms with Crippen LogP contribution in [-0.2, 0) is 13.0 Å². The molecule has 104 valence electrons. The zero-order valence-corrected chi connectivity index (χ0v) is 13.2. The third-order valence-corrected chi connectivity index (χ3v) is 4.20. The van der Waals surface area contributed by atoms with Gasteiger partial charge in [0.2, 0.25) is 0 Å². The molecular weight excluding hydrogens is 316 g/mol. The molecule has 0 amide bonds. The number of rotatable bonds is 2. The van der Waals surface area contributed by atoms with Crippen LogP contribution < -0.4 is 10.2 Å². The minimum absolute atomic E-state index is 0.836. The standard InChI is InChI=1S/C15H17BrN4/c1-10-3-4-11(16)7-14(10)20(2)15-12-8-17-6-5-13(12)18-9-19-15/h3-4,7,9,17H,5-6,8H2,1-2H3. The first kappa shape index (κ1) is 13.5. The van der Waals surface area contributed by atoms with Crippen molar-refractivity contribution < 1.29 is 0 Å².